The molecule has 2 N–H and O–H groups in total. The summed E-state index contributed by atoms with van der Waals surface area (Å²) in [5, 5.41) is 19.2. The van der Waals surface area contributed by atoms with Crippen molar-refractivity contribution in [2.75, 3.05) is 0 Å². The molecule has 0 spiro atoms. The van der Waals surface area contributed by atoms with Gasteiger partial charge < -0.3 is 10.2 Å². The van der Waals surface area contributed by atoms with Crippen LogP contribution < -0.4 is 0 Å². The van der Waals surface area contributed by atoms with Crippen LogP contribution in [-0.2, 0) is 0 Å². The van der Waals surface area contributed by atoms with E-state index in [0.717, 1.165) is 25.7 Å². The van der Waals surface area contributed by atoms with Crippen LogP contribution in [0.4, 0.5) is 0 Å². The lowest BCUT2D eigenvalue weighted by Gasteiger charge is -2.23. The molecule has 13 heavy (non-hydrogen) atoms. The van der Waals surface area contributed by atoms with E-state index in [0.29, 0.717) is 5.92 Å². The highest BCUT2D eigenvalue weighted by molar-refractivity contribution is 4.85. The van der Waals surface area contributed by atoms with Crippen LogP contribution in [0.5, 0.6) is 0 Å². The zero-order valence-corrected chi connectivity index (χ0v) is 8.95. The second-order valence-corrected chi connectivity index (χ2v) is 5.49. The predicted octanol–water partition coefficient (Wildman–Crippen LogP) is 1.94. The molecule has 1 saturated carbocycles. The van der Waals surface area contributed by atoms with Crippen LogP contribution in [-0.4, -0.2) is 22.4 Å². The van der Waals surface area contributed by atoms with Gasteiger partial charge in [0.25, 0.3) is 0 Å². The first-order valence-corrected chi connectivity index (χ1v) is 5.26. The van der Waals surface area contributed by atoms with Crippen molar-refractivity contribution in [3.05, 3.63) is 0 Å². The molecule has 1 aliphatic carbocycles. The van der Waals surface area contributed by atoms with Crippen LogP contribution in [0.25, 0.3) is 0 Å². The van der Waals surface area contributed by atoms with Gasteiger partial charge in [-0.2, -0.15) is 0 Å². The minimum absolute atomic E-state index is 0.254. The maximum atomic E-state index is 9.64. The summed E-state index contributed by atoms with van der Waals surface area (Å²) in [6.45, 7) is 6.47. The predicted molar refractivity (Wildman–Crippen MR) is 53.4 cm³/mol. The normalized spacial score (nSPS) is 22.8. The van der Waals surface area contributed by atoms with Crippen molar-refractivity contribution in [1.82, 2.24) is 0 Å². The molecule has 1 aliphatic rings. The summed E-state index contributed by atoms with van der Waals surface area (Å²) >= 11 is 0. The molecule has 2 unspecified atom stereocenters. The van der Waals surface area contributed by atoms with E-state index in [-0.39, 0.29) is 5.41 Å². The SMILES string of the molecule is CC(C)(C)CCC(O)C(O)C1CC1. The third-order valence-electron chi connectivity index (χ3n) is 2.69. The second-order valence-electron chi connectivity index (χ2n) is 5.49. The van der Waals surface area contributed by atoms with Crippen LogP contribution in [0.1, 0.15) is 46.5 Å². The molecule has 0 amide bonds. The highest BCUT2D eigenvalue weighted by atomic mass is 16.3. The molecular weight excluding hydrogens is 164 g/mol. The van der Waals surface area contributed by atoms with Crippen LogP contribution in [0, 0.1) is 11.3 Å². The van der Waals surface area contributed by atoms with Crippen molar-refractivity contribution < 1.29 is 10.2 Å². The Morgan fingerprint density at radius 3 is 2.15 bits per heavy atom. The Morgan fingerprint density at radius 1 is 1.23 bits per heavy atom. The lowest BCUT2D eigenvalue weighted by Crippen LogP contribution is -2.28. The van der Waals surface area contributed by atoms with E-state index in [1.807, 2.05) is 0 Å². The van der Waals surface area contributed by atoms with Gasteiger partial charge in [0.2, 0.25) is 0 Å². The fourth-order valence-corrected chi connectivity index (χ4v) is 1.50. The van der Waals surface area contributed by atoms with Crippen molar-refractivity contribution in [2.45, 2.75) is 58.7 Å². The fraction of sp³-hybridized carbons (Fsp3) is 1.00. The van der Waals surface area contributed by atoms with Gasteiger partial charge in [0.05, 0.1) is 12.2 Å². The quantitative estimate of drug-likeness (QED) is 0.704. The molecule has 0 aromatic carbocycles. The number of hydrogen-bond donors (Lipinski definition) is 2. The lowest BCUT2D eigenvalue weighted by molar-refractivity contribution is -0.00378. The first-order chi connectivity index (χ1) is 5.90. The highest BCUT2D eigenvalue weighted by Gasteiger charge is 2.34. The topological polar surface area (TPSA) is 40.5 Å². The fourth-order valence-electron chi connectivity index (χ4n) is 1.50. The van der Waals surface area contributed by atoms with Crippen molar-refractivity contribution in [1.29, 1.82) is 0 Å². The summed E-state index contributed by atoms with van der Waals surface area (Å²) in [5.41, 5.74) is 0.254. The Hall–Kier alpha value is -0.0800. The van der Waals surface area contributed by atoms with Crippen LogP contribution >= 0.6 is 0 Å². The van der Waals surface area contributed by atoms with E-state index >= 15 is 0 Å². The highest BCUT2D eigenvalue weighted by Crippen LogP contribution is 2.35. The van der Waals surface area contributed by atoms with Crippen molar-refractivity contribution >= 4 is 0 Å². The molecule has 0 saturated heterocycles. The molecule has 0 bridgehead atoms. The van der Waals surface area contributed by atoms with E-state index in [4.69, 9.17) is 0 Å². The van der Waals surface area contributed by atoms with E-state index in [2.05, 4.69) is 20.8 Å². The molecule has 2 heteroatoms. The van der Waals surface area contributed by atoms with Crippen LogP contribution in [0.3, 0.4) is 0 Å². The average Bonchev–Trinajstić information content (AvgIpc) is 2.79. The molecule has 0 heterocycles. The summed E-state index contributed by atoms with van der Waals surface area (Å²) in [6.07, 6.45) is 2.90. The minimum Gasteiger partial charge on any atom is -0.390 e. The minimum atomic E-state index is -0.508. The number of aliphatic hydroxyl groups is 2. The third kappa shape index (κ3) is 4.10. The van der Waals surface area contributed by atoms with Gasteiger partial charge in [0.15, 0.2) is 0 Å². The smallest absolute Gasteiger partial charge is 0.0827 e. The van der Waals surface area contributed by atoms with Crippen molar-refractivity contribution in [3.63, 3.8) is 0 Å². The van der Waals surface area contributed by atoms with Crippen molar-refractivity contribution in [3.8, 4) is 0 Å². The maximum absolute atomic E-state index is 9.64. The molecule has 1 fully saturated rings. The number of hydrogen-bond acceptors (Lipinski definition) is 2. The first-order valence-electron chi connectivity index (χ1n) is 5.26. The van der Waals surface area contributed by atoms with Gasteiger partial charge in [-0.05, 0) is 37.0 Å². The third-order valence-corrected chi connectivity index (χ3v) is 2.69. The van der Waals surface area contributed by atoms with Crippen LogP contribution in [0.15, 0.2) is 0 Å². The zero-order valence-electron chi connectivity index (χ0n) is 8.95. The van der Waals surface area contributed by atoms with Gasteiger partial charge in [-0.3, -0.25) is 0 Å². The monoisotopic (exact) mass is 186 g/mol. The molecule has 2 atom stereocenters. The zero-order chi connectivity index (χ0) is 10.1. The number of aliphatic hydroxyl groups excluding tert-OH is 2. The van der Waals surface area contributed by atoms with Gasteiger partial charge >= 0.3 is 0 Å². The molecular formula is C11H22O2. The van der Waals surface area contributed by atoms with E-state index in [9.17, 15) is 10.2 Å². The average molecular weight is 186 g/mol. The Bertz CT molecular complexity index is 156. The summed E-state index contributed by atoms with van der Waals surface area (Å²) in [6, 6.07) is 0. The molecule has 2 nitrogen and oxygen atoms in total. The number of rotatable bonds is 4. The Morgan fingerprint density at radius 2 is 1.77 bits per heavy atom. The molecule has 78 valence electrons. The van der Waals surface area contributed by atoms with Gasteiger partial charge in [0.1, 0.15) is 0 Å². The Kier molecular flexibility index (Phi) is 3.36. The summed E-state index contributed by atoms with van der Waals surface area (Å²) in [4.78, 5) is 0. The second kappa shape index (κ2) is 3.97. The summed E-state index contributed by atoms with van der Waals surface area (Å²) < 4.78 is 0. The lowest BCUT2D eigenvalue weighted by atomic mass is 9.88. The summed E-state index contributed by atoms with van der Waals surface area (Å²) in [7, 11) is 0. The largest absolute Gasteiger partial charge is 0.390 e. The van der Waals surface area contributed by atoms with Crippen molar-refractivity contribution in [2.24, 2.45) is 11.3 Å². The first kappa shape index (κ1) is 11.0. The molecule has 0 aliphatic heterocycles. The van der Waals surface area contributed by atoms with Gasteiger partial charge in [-0.25, -0.2) is 0 Å². The Labute approximate surface area is 81.0 Å². The summed E-state index contributed by atoms with van der Waals surface area (Å²) in [5.74, 6) is 0.384. The van der Waals surface area contributed by atoms with E-state index < -0.39 is 12.2 Å². The molecule has 0 aromatic heterocycles. The standard InChI is InChI=1S/C11H22O2/c1-11(2,3)7-6-9(12)10(13)8-4-5-8/h8-10,12-13H,4-7H2,1-3H3. The van der Waals surface area contributed by atoms with E-state index in [1.165, 1.54) is 0 Å². The van der Waals surface area contributed by atoms with Gasteiger partial charge in [-0.15, -0.1) is 0 Å². The molecule has 0 radical (unpaired) electrons. The van der Waals surface area contributed by atoms with Gasteiger partial charge in [0, 0.05) is 0 Å². The van der Waals surface area contributed by atoms with Gasteiger partial charge in [-0.1, -0.05) is 20.8 Å². The van der Waals surface area contributed by atoms with Crippen LogP contribution in [0.2, 0.25) is 0 Å². The Balaban J connectivity index is 2.20. The maximum Gasteiger partial charge on any atom is 0.0827 e. The van der Waals surface area contributed by atoms with E-state index in [1.54, 1.807) is 0 Å². The molecule has 0 aromatic rings. The molecule has 1 rings (SSSR count).